The first-order chi connectivity index (χ1) is 9.56. The quantitative estimate of drug-likeness (QED) is 0.868. The van der Waals surface area contributed by atoms with Crippen LogP contribution in [0.15, 0.2) is 6.20 Å². The van der Waals surface area contributed by atoms with Gasteiger partial charge in [-0.2, -0.15) is 0 Å². The van der Waals surface area contributed by atoms with Crippen molar-refractivity contribution in [3.63, 3.8) is 0 Å². The summed E-state index contributed by atoms with van der Waals surface area (Å²) in [6, 6.07) is 0.117. The standard InChI is InChI=1S/C15H28N4O/c1-12(2)8-9-18(3)10-13-11-19(17-16-13)14-6-4-5-7-15(14)20/h11-12,14-15,20H,4-10H2,1-3H3/t14-,15-/m1/s1. The second kappa shape index (κ2) is 7.18. The molecule has 2 rings (SSSR count). The third kappa shape index (κ3) is 4.28. The van der Waals surface area contributed by atoms with Crippen LogP contribution in [0, 0.1) is 5.92 Å². The predicted molar refractivity (Wildman–Crippen MR) is 79.3 cm³/mol. The molecule has 0 bridgehead atoms. The molecule has 0 unspecified atom stereocenters. The molecule has 1 N–H and O–H groups in total. The van der Waals surface area contributed by atoms with Crippen LogP contribution in [0.4, 0.5) is 0 Å². The molecule has 1 aliphatic rings. The van der Waals surface area contributed by atoms with Gasteiger partial charge in [0.1, 0.15) is 0 Å². The maximum absolute atomic E-state index is 10.1. The maximum atomic E-state index is 10.1. The first-order valence-corrected chi connectivity index (χ1v) is 7.83. The van der Waals surface area contributed by atoms with Crippen LogP contribution in [0.1, 0.15) is 57.7 Å². The lowest BCUT2D eigenvalue weighted by atomic mass is 9.93. The fraction of sp³-hybridized carbons (Fsp3) is 0.867. The molecule has 0 aliphatic heterocycles. The largest absolute Gasteiger partial charge is 0.391 e. The molecule has 1 aromatic rings. The SMILES string of the molecule is CC(C)CCN(C)Cc1cn([C@@H]2CCCC[C@H]2O)nn1. The fourth-order valence-corrected chi connectivity index (χ4v) is 2.78. The highest BCUT2D eigenvalue weighted by Crippen LogP contribution is 2.27. The van der Waals surface area contributed by atoms with E-state index in [0.717, 1.165) is 44.0 Å². The average Bonchev–Trinajstić information content (AvgIpc) is 2.85. The van der Waals surface area contributed by atoms with E-state index in [-0.39, 0.29) is 12.1 Å². The minimum atomic E-state index is -0.267. The van der Waals surface area contributed by atoms with Crippen LogP contribution in [0.25, 0.3) is 0 Å². The van der Waals surface area contributed by atoms with Crippen molar-refractivity contribution in [2.75, 3.05) is 13.6 Å². The Labute approximate surface area is 122 Å². The second-order valence-corrected chi connectivity index (χ2v) is 6.53. The molecule has 0 saturated heterocycles. The van der Waals surface area contributed by atoms with Gasteiger partial charge in [-0.25, -0.2) is 4.68 Å². The minimum Gasteiger partial charge on any atom is -0.391 e. The van der Waals surface area contributed by atoms with Crippen LogP contribution >= 0.6 is 0 Å². The molecule has 1 fully saturated rings. The molecule has 2 atom stereocenters. The highest BCUT2D eigenvalue weighted by molar-refractivity contribution is 4.94. The van der Waals surface area contributed by atoms with Crippen LogP contribution in [0.2, 0.25) is 0 Å². The highest BCUT2D eigenvalue weighted by Gasteiger charge is 2.25. The van der Waals surface area contributed by atoms with Gasteiger partial charge in [0.15, 0.2) is 0 Å². The van der Waals surface area contributed by atoms with Crippen LogP contribution in [0.5, 0.6) is 0 Å². The van der Waals surface area contributed by atoms with Gasteiger partial charge < -0.3 is 10.0 Å². The highest BCUT2D eigenvalue weighted by atomic mass is 16.3. The number of aromatic nitrogens is 3. The Hall–Kier alpha value is -0.940. The average molecular weight is 280 g/mol. The summed E-state index contributed by atoms with van der Waals surface area (Å²) in [6.07, 6.45) is 7.12. The van der Waals surface area contributed by atoms with Crippen LogP contribution in [0.3, 0.4) is 0 Å². The molecule has 1 heterocycles. The van der Waals surface area contributed by atoms with Crippen molar-refractivity contribution < 1.29 is 5.11 Å². The van der Waals surface area contributed by atoms with Gasteiger partial charge in [0.05, 0.1) is 24.0 Å². The molecule has 0 spiro atoms. The van der Waals surface area contributed by atoms with Crippen LogP contribution in [-0.4, -0.2) is 44.7 Å². The third-order valence-electron chi connectivity index (χ3n) is 4.11. The zero-order valence-corrected chi connectivity index (χ0v) is 13.0. The van der Waals surface area contributed by atoms with Crippen LogP contribution in [-0.2, 0) is 6.54 Å². The first-order valence-electron chi connectivity index (χ1n) is 7.83. The lowest BCUT2D eigenvalue weighted by Gasteiger charge is -2.27. The number of nitrogens with zero attached hydrogens (tertiary/aromatic N) is 4. The Morgan fingerprint density at radius 3 is 2.85 bits per heavy atom. The Balaban J connectivity index is 1.88. The van der Waals surface area contributed by atoms with E-state index in [1.807, 2.05) is 10.9 Å². The lowest BCUT2D eigenvalue weighted by Crippen LogP contribution is -2.28. The van der Waals surface area contributed by atoms with Crippen molar-refractivity contribution in [1.29, 1.82) is 0 Å². The van der Waals surface area contributed by atoms with Gasteiger partial charge >= 0.3 is 0 Å². The number of aliphatic hydroxyl groups is 1. The summed E-state index contributed by atoms with van der Waals surface area (Å²) in [7, 11) is 2.12. The number of aliphatic hydroxyl groups excluding tert-OH is 1. The van der Waals surface area contributed by atoms with Gasteiger partial charge in [0.25, 0.3) is 0 Å². The predicted octanol–water partition coefficient (Wildman–Crippen LogP) is 2.23. The zero-order valence-electron chi connectivity index (χ0n) is 13.0. The molecule has 0 radical (unpaired) electrons. The Morgan fingerprint density at radius 1 is 1.40 bits per heavy atom. The Morgan fingerprint density at radius 2 is 2.15 bits per heavy atom. The maximum Gasteiger partial charge on any atom is 0.0967 e. The van der Waals surface area contributed by atoms with Gasteiger partial charge in [-0.05, 0) is 38.8 Å². The molecule has 1 saturated carbocycles. The normalized spacial score (nSPS) is 23.7. The summed E-state index contributed by atoms with van der Waals surface area (Å²) >= 11 is 0. The van der Waals surface area contributed by atoms with Gasteiger partial charge in [-0.1, -0.05) is 31.9 Å². The van der Waals surface area contributed by atoms with E-state index in [9.17, 15) is 5.11 Å². The van der Waals surface area contributed by atoms with Crippen molar-refractivity contribution >= 4 is 0 Å². The van der Waals surface area contributed by atoms with Crippen molar-refractivity contribution in [3.05, 3.63) is 11.9 Å². The number of hydrogen-bond donors (Lipinski definition) is 1. The summed E-state index contributed by atoms with van der Waals surface area (Å²) in [6.45, 7) is 6.40. The first kappa shape index (κ1) is 15.4. The van der Waals surface area contributed by atoms with E-state index in [1.54, 1.807) is 0 Å². The number of rotatable bonds is 6. The van der Waals surface area contributed by atoms with E-state index < -0.39 is 0 Å². The van der Waals surface area contributed by atoms with Crippen molar-refractivity contribution in [2.24, 2.45) is 5.92 Å². The van der Waals surface area contributed by atoms with E-state index in [1.165, 1.54) is 12.8 Å². The summed E-state index contributed by atoms with van der Waals surface area (Å²) in [5, 5.41) is 18.5. The fourth-order valence-electron chi connectivity index (χ4n) is 2.78. The minimum absolute atomic E-state index is 0.117. The molecular formula is C15H28N4O. The van der Waals surface area contributed by atoms with Gasteiger partial charge in [0.2, 0.25) is 0 Å². The van der Waals surface area contributed by atoms with E-state index >= 15 is 0 Å². The second-order valence-electron chi connectivity index (χ2n) is 6.53. The van der Waals surface area contributed by atoms with Crippen molar-refractivity contribution in [2.45, 2.75) is 64.6 Å². The monoisotopic (exact) mass is 280 g/mol. The summed E-state index contributed by atoms with van der Waals surface area (Å²) in [5.41, 5.74) is 0.994. The molecule has 5 nitrogen and oxygen atoms in total. The topological polar surface area (TPSA) is 54.2 Å². The summed E-state index contributed by atoms with van der Waals surface area (Å²) in [5.74, 6) is 0.727. The molecular weight excluding hydrogens is 252 g/mol. The van der Waals surface area contributed by atoms with Crippen molar-refractivity contribution in [3.8, 4) is 0 Å². The van der Waals surface area contributed by atoms with Gasteiger partial charge in [0, 0.05) is 6.54 Å². The molecule has 0 aromatic carbocycles. The number of hydrogen-bond acceptors (Lipinski definition) is 4. The van der Waals surface area contributed by atoms with Gasteiger partial charge in [-0.15, -0.1) is 5.10 Å². The third-order valence-corrected chi connectivity index (χ3v) is 4.11. The molecule has 114 valence electrons. The van der Waals surface area contributed by atoms with Gasteiger partial charge in [-0.3, -0.25) is 0 Å². The Bertz CT molecular complexity index is 404. The zero-order chi connectivity index (χ0) is 14.5. The van der Waals surface area contributed by atoms with Crippen molar-refractivity contribution in [1.82, 2.24) is 19.9 Å². The van der Waals surface area contributed by atoms with E-state index in [2.05, 4.69) is 36.1 Å². The van der Waals surface area contributed by atoms with E-state index in [4.69, 9.17) is 0 Å². The lowest BCUT2D eigenvalue weighted by molar-refractivity contribution is 0.0685. The summed E-state index contributed by atoms with van der Waals surface area (Å²) in [4.78, 5) is 2.28. The molecule has 1 aliphatic carbocycles. The molecule has 20 heavy (non-hydrogen) atoms. The van der Waals surface area contributed by atoms with Crippen LogP contribution < -0.4 is 0 Å². The molecule has 1 aromatic heterocycles. The molecule has 0 amide bonds. The summed E-state index contributed by atoms with van der Waals surface area (Å²) < 4.78 is 1.87. The molecule has 5 heteroatoms. The smallest absolute Gasteiger partial charge is 0.0967 e. The van der Waals surface area contributed by atoms with E-state index in [0.29, 0.717) is 0 Å². The Kier molecular flexibility index (Phi) is 5.54.